The summed E-state index contributed by atoms with van der Waals surface area (Å²) in [5.74, 6) is 0.147. The van der Waals surface area contributed by atoms with Crippen LogP contribution < -0.4 is 5.32 Å². The van der Waals surface area contributed by atoms with Crippen LogP contribution in [-0.4, -0.2) is 22.7 Å². The number of nitrogens with zero attached hydrogens (tertiary/aromatic N) is 2. The van der Waals surface area contributed by atoms with Crippen molar-refractivity contribution in [3.05, 3.63) is 42.0 Å². The van der Waals surface area contributed by atoms with Crippen LogP contribution in [-0.2, 0) is 4.74 Å². The Morgan fingerprint density at radius 2 is 2.14 bits per heavy atom. The number of aromatic nitrogens is 2. The van der Waals surface area contributed by atoms with Crippen LogP contribution >= 0.6 is 0 Å². The van der Waals surface area contributed by atoms with Crippen molar-refractivity contribution in [1.82, 2.24) is 10.2 Å². The Kier molecular flexibility index (Phi) is 3.12. The minimum atomic E-state index is -0.432. The van der Waals surface area contributed by atoms with E-state index in [1.807, 2.05) is 18.2 Å². The first kappa shape index (κ1) is 13.0. The smallest absolute Gasteiger partial charge is 0.322 e. The summed E-state index contributed by atoms with van der Waals surface area (Å²) in [4.78, 5) is 12.2. The molecule has 3 aromatic rings. The standard InChI is InChI=1S/C15H13N3O4/c19-13(12-8-9-4-1-2-5-10(9)21-12)16-15-18-17-14(22-15)11-6-3-7-20-11/h1-2,4-5,8,11H,3,6-7H2,(H,16,18,19)/t11-/m1/s1. The summed E-state index contributed by atoms with van der Waals surface area (Å²) in [5.41, 5.74) is 0.651. The lowest BCUT2D eigenvalue weighted by Gasteiger charge is -2.01. The van der Waals surface area contributed by atoms with E-state index in [1.165, 1.54) is 0 Å². The number of para-hydroxylation sites is 1. The summed E-state index contributed by atoms with van der Waals surface area (Å²) < 4.78 is 16.3. The first-order valence-electron chi connectivity index (χ1n) is 7.04. The highest BCUT2D eigenvalue weighted by molar-refractivity contribution is 6.03. The quantitative estimate of drug-likeness (QED) is 0.799. The van der Waals surface area contributed by atoms with Gasteiger partial charge in [0.15, 0.2) is 5.76 Å². The van der Waals surface area contributed by atoms with Gasteiger partial charge in [-0.25, -0.2) is 0 Å². The second-order valence-corrected chi connectivity index (χ2v) is 5.05. The number of hydrogen-bond donors (Lipinski definition) is 1. The molecule has 3 heterocycles. The Morgan fingerprint density at radius 3 is 2.95 bits per heavy atom. The monoisotopic (exact) mass is 299 g/mol. The molecule has 1 amide bonds. The fourth-order valence-corrected chi connectivity index (χ4v) is 2.44. The van der Waals surface area contributed by atoms with Crippen LogP contribution in [0.2, 0.25) is 0 Å². The molecule has 0 radical (unpaired) electrons. The van der Waals surface area contributed by atoms with Crippen molar-refractivity contribution in [2.24, 2.45) is 0 Å². The van der Waals surface area contributed by atoms with Crippen LogP contribution in [0.1, 0.15) is 35.4 Å². The maximum Gasteiger partial charge on any atom is 0.322 e. The number of fused-ring (bicyclic) bond motifs is 1. The molecular weight excluding hydrogens is 286 g/mol. The van der Waals surface area contributed by atoms with E-state index in [2.05, 4.69) is 15.5 Å². The van der Waals surface area contributed by atoms with Gasteiger partial charge in [-0.2, -0.15) is 0 Å². The van der Waals surface area contributed by atoms with Gasteiger partial charge in [-0.1, -0.05) is 23.3 Å². The lowest BCUT2D eigenvalue weighted by atomic mass is 10.2. The second-order valence-electron chi connectivity index (χ2n) is 5.05. The number of anilines is 1. The molecule has 1 aromatic carbocycles. The highest BCUT2D eigenvalue weighted by atomic mass is 16.5. The van der Waals surface area contributed by atoms with Crippen molar-refractivity contribution >= 4 is 22.9 Å². The third-order valence-electron chi connectivity index (χ3n) is 3.52. The largest absolute Gasteiger partial charge is 0.451 e. The summed E-state index contributed by atoms with van der Waals surface area (Å²) in [5, 5.41) is 11.1. The van der Waals surface area contributed by atoms with E-state index in [9.17, 15) is 4.79 Å². The molecule has 22 heavy (non-hydrogen) atoms. The highest BCUT2D eigenvalue weighted by Gasteiger charge is 2.24. The van der Waals surface area contributed by atoms with Gasteiger partial charge in [-0.05, 0) is 25.0 Å². The Morgan fingerprint density at radius 1 is 1.23 bits per heavy atom. The van der Waals surface area contributed by atoms with Gasteiger partial charge in [0.1, 0.15) is 11.7 Å². The molecule has 7 heteroatoms. The summed E-state index contributed by atoms with van der Waals surface area (Å²) in [6.45, 7) is 0.688. The normalized spacial score (nSPS) is 17.9. The Bertz CT molecular complexity index is 784. The fraction of sp³-hybridized carbons (Fsp3) is 0.267. The third-order valence-corrected chi connectivity index (χ3v) is 3.52. The lowest BCUT2D eigenvalue weighted by Crippen LogP contribution is -2.11. The van der Waals surface area contributed by atoms with Gasteiger partial charge in [-0.15, -0.1) is 5.10 Å². The number of carbonyl (C=O) groups excluding carboxylic acids is 1. The summed E-state index contributed by atoms with van der Waals surface area (Å²) in [6, 6.07) is 9.11. The zero-order valence-electron chi connectivity index (χ0n) is 11.6. The summed E-state index contributed by atoms with van der Waals surface area (Å²) >= 11 is 0. The van der Waals surface area contributed by atoms with E-state index in [-0.39, 0.29) is 17.9 Å². The number of ether oxygens (including phenoxy) is 1. The van der Waals surface area contributed by atoms with Crippen LogP contribution in [0.3, 0.4) is 0 Å². The minimum absolute atomic E-state index is 0.0379. The molecule has 1 fully saturated rings. The van der Waals surface area contributed by atoms with Crippen molar-refractivity contribution < 1.29 is 18.4 Å². The molecule has 0 saturated carbocycles. The van der Waals surface area contributed by atoms with Crippen LogP contribution in [0.25, 0.3) is 11.0 Å². The average Bonchev–Trinajstić information content (AvgIpc) is 3.26. The maximum absolute atomic E-state index is 12.2. The summed E-state index contributed by atoms with van der Waals surface area (Å²) in [6.07, 6.45) is 1.64. The maximum atomic E-state index is 12.2. The number of carbonyl (C=O) groups is 1. The molecule has 0 bridgehead atoms. The van der Waals surface area contributed by atoms with E-state index < -0.39 is 5.91 Å². The number of nitrogens with one attached hydrogen (secondary N) is 1. The second kappa shape index (κ2) is 5.27. The molecule has 0 spiro atoms. The Hall–Kier alpha value is -2.67. The zero-order chi connectivity index (χ0) is 14.9. The van der Waals surface area contributed by atoms with Gasteiger partial charge >= 0.3 is 6.01 Å². The summed E-state index contributed by atoms with van der Waals surface area (Å²) in [7, 11) is 0. The molecule has 1 saturated heterocycles. The highest BCUT2D eigenvalue weighted by Crippen LogP contribution is 2.28. The van der Waals surface area contributed by atoms with E-state index >= 15 is 0 Å². The van der Waals surface area contributed by atoms with Gasteiger partial charge in [0.25, 0.3) is 5.91 Å². The van der Waals surface area contributed by atoms with Crippen LogP contribution in [0, 0.1) is 0 Å². The van der Waals surface area contributed by atoms with Crippen molar-refractivity contribution in [2.75, 3.05) is 11.9 Å². The fourth-order valence-electron chi connectivity index (χ4n) is 2.44. The predicted molar refractivity (Wildman–Crippen MR) is 76.4 cm³/mol. The molecule has 0 aliphatic carbocycles. The molecule has 112 valence electrons. The molecule has 2 aromatic heterocycles. The number of rotatable bonds is 3. The molecule has 1 aliphatic rings. The van der Waals surface area contributed by atoms with Crippen LogP contribution in [0.15, 0.2) is 39.2 Å². The molecule has 1 N–H and O–H groups in total. The number of furan rings is 1. The molecule has 7 nitrogen and oxygen atoms in total. The predicted octanol–water partition coefficient (Wildman–Crippen LogP) is 2.92. The van der Waals surface area contributed by atoms with Crippen molar-refractivity contribution in [3.63, 3.8) is 0 Å². The topological polar surface area (TPSA) is 90.4 Å². The van der Waals surface area contributed by atoms with Gasteiger partial charge in [0.2, 0.25) is 5.89 Å². The number of benzene rings is 1. The number of amides is 1. The minimum Gasteiger partial charge on any atom is -0.451 e. The SMILES string of the molecule is O=C(Nc1nnc([C@H]2CCCO2)o1)c1cc2ccccc2o1. The average molecular weight is 299 g/mol. The van der Waals surface area contributed by atoms with Crippen LogP contribution in [0.4, 0.5) is 6.01 Å². The van der Waals surface area contributed by atoms with Gasteiger partial charge in [0, 0.05) is 12.0 Å². The van der Waals surface area contributed by atoms with E-state index in [0.717, 1.165) is 18.2 Å². The number of hydrogen-bond acceptors (Lipinski definition) is 6. The zero-order valence-corrected chi connectivity index (χ0v) is 11.6. The lowest BCUT2D eigenvalue weighted by molar-refractivity contribution is 0.0891. The first-order chi connectivity index (χ1) is 10.8. The van der Waals surface area contributed by atoms with Crippen molar-refractivity contribution in [3.8, 4) is 0 Å². The molecule has 1 atom stereocenters. The molecule has 0 unspecified atom stereocenters. The van der Waals surface area contributed by atoms with Gasteiger partial charge in [0.05, 0.1) is 0 Å². The van der Waals surface area contributed by atoms with Crippen molar-refractivity contribution in [2.45, 2.75) is 18.9 Å². The third kappa shape index (κ3) is 2.35. The first-order valence-corrected chi connectivity index (χ1v) is 7.04. The Labute approximate surface area is 125 Å². The van der Waals surface area contributed by atoms with Crippen LogP contribution in [0.5, 0.6) is 0 Å². The van der Waals surface area contributed by atoms with Gasteiger partial charge in [-0.3, -0.25) is 10.1 Å². The van der Waals surface area contributed by atoms with E-state index in [0.29, 0.717) is 18.1 Å². The Balaban J connectivity index is 1.51. The molecule has 1 aliphatic heterocycles. The van der Waals surface area contributed by atoms with Gasteiger partial charge < -0.3 is 13.6 Å². The molecule has 4 rings (SSSR count). The van der Waals surface area contributed by atoms with E-state index in [4.69, 9.17) is 13.6 Å². The van der Waals surface area contributed by atoms with Crippen molar-refractivity contribution in [1.29, 1.82) is 0 Å². The molecular formula is C15H13N3O4. The van der Waals surface area contributed by atoms with E-state index in [1.54, 1.807) is 12.1 Å².